The average Bonchev–Trinajstić information content (AvgIpc) is 3.13. The molecule has 1 heterocycles. The first kappa shape index (κ1) is 16.7. The number of benzene rings is 3. The molecule has 0 atom stereocenters. The highest BCUT2D eigenvalue weighted by Gasteiger charge is 2.14. The number of nitrogens with zero attached hydrogens (tertiary/aromatic N) is 2. The molecule has 1 aromatic heterocycles. The highest BCUT2D eigenvalue weighted by atomic mass is 16.1. The van der Waals surface area contributed by atoms with Gasteiger partial charge in [0.1, 0.15) is 0 Å². The summed E-state index contributed by atoms with van der Waals surface area (Å²) in [7, 11) is 1.78. The van der Waals surface area contributed by atoms with Crippen LogP contribution in [0.4, 0.5) is 5.69 Å². The summed E-state index contributed by atoms with van der Waals surface area (Å²) < 4.78 is 1.68. The third-order valence-corrected chi connectivity index (χ3v) is 4.46. The molecule has 5 nitrogen and oxygen atoms in total. The maximum atomic E-state index is 12.7. The van der Waals surface area contributed by atoms with Gasteiger partial charge in [0.15, 0.2) is 5.82 Å². The summed E-state index contributed by atoms with van der Waals surface area (Å²) in [5, 5.41) is 4.81. The van der Waals surface area contributed by atoms with Crippen molar-refractivity contribution in [2.75, 3.05) is 5.32 Å². The molecule has 0 aliphatic carbocycles. The number of imidazole rings is 1. The molecule has 4 rings (SSSR count). The molecule has 0 aliphatic heterocycles. The van der Waals surface area contributed by atoms with Gasteiger partial charge in [0.25, 0.3) is 5.91 Å². The van der Waals surface area contributed by atoms with E-state index in [4.69, 9.17) is 0 Å². The molecule has 0 fully saturated rings. The lowest BCUT2D eigenvalue weighted by Crippen LogP contribution is -2.13. The second kappa shape index (κ2) is 6.88. The molecule has 27 heavy (non-hydrogen) atoms. The van der Waals surface area contributed by atoms with Crippen LogP contribution in [0.1, 0.15) is 26.5 Å². The summed E-state index contributed by atoms with van der Waals surface area (Å²) in [6.07, 6.45) is 3.32. The van der Waals surface area contributed by atoms with Crippen molar-refractivity contribution in [1.29, 1.82) is 0 Å². The zero-order chi connectivity index (χ0) is 18.8. The summed E-state index contributed by atoms with van der Waals surface area (Å²) in [6.45, 7) is 0. The Hall–Kier alpha value is -3.73. The zero-order valence-corrected chi connectivity index (χ0v) is 14.7. The van der Waals surface area contributed by atoms with Gasteiger partial charge in [-0.05, 0) is 41.1 Å². The van der Waals surface area contributed by atoms with E-state index >= 15 is 0 Å². The first-order valence-electron chi connectivity index (χ1n) is 8.55. The summed E-state index contributed by atoms with van der Waals surface area (Å²) in [4.78, 5) is 29.2. The minimum Gasteiger partial charge on any atom is -0.331 e. The Morgan fingerprint density at radius 2 is 1.67 bits per heavy atom. The number of anilines is 1. The van der Waals surface area contributed by atoms with Crippen LogP contribution in [0.25, 0.3) is 10.8 Å². The topological polar surface area (TPSA) is 64.0 Å². The zero-order valence-electron chi connectivity index (χ0n) is 14.7. The van der Waals surface area contributed by atoms with Crippen LogP contribution in [0.5, 0.6) is 0 Å². The normalized spacial score (nSPS) is 10.7. The van der Waals surface area contributed by atoms with Crippen molar-refractivity contribution in [2.24, 2.45) is 7.05 Å². The van der Waals surface area contributed by atoms with Gasteiger partial charge >= 0.3 is 0 Å². The van der Waals surface area contributed by atoms with Crippen LogP contribution in [-0.4, -0.2) is 21.2 Å². The number of aryl methyl sites for hydroxylation is 1. The van der Waals surface area contributed by atoms with Crippen LogP contribution in [0.3, 0.4) is 0 Å². The van der Waals surface area contributed by atoms with Gasteiger partial charge in [-0.3, -0.25) is 9.59 Å². The number of aromatic nitrogens is 2. The Labute approximate surface area is 156 Å². The van der Waals surface area contributed by atoms with Crippen LogP contribution < -0.4 is 5.32 Å². The number of hydrogen-bond donors (Lipinski definition) is 1. The molecule has 0 bridgehead atoms. The fourth-order valence-corrected chi connectivity index (χ4v) is 3.04. The van der Waals surface area contributed by atoms with E-state index in [1.807, 2.05) is 36.4 Å². The molecule has 0 unspecified atom stereocenters. The van der Waals surface area contributed by atoms with Crippen molar-refractivity contribution in [3.05, 3.63) is 96.1 Å². The quantitative estimate of drug-likeness (QED) is 0.562. The fourth-order valence-electron chi connectivity index (χ4n) is 3.04. The minimum atomic E-state index is -0.185. The highest BCUT2D eigenvalue weighted by molar-refractivity contribution is 6.13. The van der Waals surface area contributed by atoms with Gasteiger partial charge in [-0.25, -0.2) is 4.98 Å². The van der Waals surface area contributed by atoms with Crippen LogP contribution in [0, 0.1) is 0 Å². The Balaban J connectivity index is 1.55. The van der Waals surface area contributed by atoms with Gasteiger partial charge in [0, 0.05) is 36.3 Å². The van der Waals surface area contributed by atoms with Crippen LogP contribution in [0.2, 0.25) is 0 Å². The first-order valence-corrected chi connectivity index (χ1v) is 8.55. The Morgan fingerprint density at radius 1 is 0.926 bits per heavy atom. The van der Waals surface area contributed by atoms with Crippen molar-refractivity contribution >= 4 is 28.2 Å². The highest BCUT2D eigenvalue weighted by Crippen LogP contribution is 2.20. The lowest BCUT2D eigenvalue weighted by Gasteiger charge is -2.09. The molecule has 4 aromatic rings. The number of ketones is 1. The molecule has 0 aliphatic rings. The van der Waals surface area contributed by atoms with E-state index in [0.29, 0.717) is 22.6 Å². The van der Waals surface area contributed by atoms with Gasteiger partial charge < -0.3 is 9.88 Å². The van der Waals surface area contributed by atoms with Crippen LogP contribution in [0.15, 0.2) is 79.1 Å². The third kappa shape index (κ3) is 3.22. The predicted molar refractivity (Wildman–Crippen MR) is 105 cm³/mol. The maximum absolute atomic E-state index is 12.7. The van der Waals surface area contributed by atoms with Gasteiger partial charge in [-0.2, -0.15) is 0 Å². The summed E-state index contributed by atoms with van der Waals surface area (Å²) in [6, 6.07) is 20.2. The summed E-state index contributed by atoms with van der Waals surface area (Å²) in [5.41, 5.74) is 1.76. The minimum absolute atomic E-state index is 0.158. The number of rotatable bonds is 4. The van der Waals surface area contributed by atoms with Crippen molar-refractivity contribution in [2.45, 2.75) is 0 Å². The fraction of sp³-hybridized carbons (Fsp3) is 0.0455. The van der Waals surface area contributed by atoms with E-state index in [2.05, 4.69) is 10.3 Å². The standard InChI is InChI=1S/C22H17N3O2/c1-25-14-13-23-21(25)20(26)16-9-11-17(12-10-16)24-22(27)19-8-4-6-15-5-2-3-7-18(15)19/h2-14H,1H3,(H,24,27). The number of amides is 1. The second-order valence-electron chi connectivity index (χ2n) is 6.25. The van der Waals surface area contributed by atoms with E-state index in [1.54, 1.807) is 54.3 Å². The molecular weight excluding hydrogens is 338 g/mol. The van der Waals surface area contributed by atoms with Crippen molar-refractivity contribution < 1.29 is 9.59 Å². The molecule has 132 valence electrons. The second-order valence-corrected chi connectivity index (χ2v) is 6.25. The maximum Gasteiger partial charge on any atom is 0.256 e. The summed E-state index contributed by atoms with van der Waals surface area (Å²) in [5.74, 6) is 0.0342. The van der Waals surface area contributed by atoms with Gasteiger partial charge in [-0.1, -0.05) is 36.4 Å². The van der Waals surface area contributed by atoms with Crippen molar-refractivity contribution in [3.8, 4) is 0 Å². The Morgan fingerprint density at radius 3 is 2.41 bits per heavy atom. The molecule has 0 spiro atoms. The SMILES string of the molecule is Cn1ccnc1C(=O)c1ccc(NC(=O)c2cccc3ccccc23)cc1. The van der Waals surface area contributed by atoms with E-state index in [1.165, 1.54) is 0 Å². The smallest absolute Gasteiger partial charge is 0.256 e. The van der Waals surface area contributed by atoms with Crippen molar-refractivity contribution in [3.63, 3.8) is 0 Å². The lowest BCUT2D eigenvalue weighted by atomic mass is 10.0. The first-order chi connectivity index (χ1) is 13.1. The lowest BCUT2D eigenvalue weighted by molar-refractivity contribution is 0.102. The van der Waals surface area contributed by atoms with Crippen LogP contribution in [-0.2, 0) is 7.05 Å². The number of fused-ring (bicyclic) bond motifs is 1. The number of nitrogens with one attached hydrogen (secondary N) is 1. The van der Waals surface area contributed by atoms with E-state index in [9.17, 15) is 9.59 Å². The number of carbonyl (C=O) groups excluding carboxylic acids is 2. The van der Waals surface area contributed by atoms with E-state index in [0.717, 1.165) is 10.8 Å². The Kier molecular flexibility index (Phi) is 4.26. The average molecular weight is 355 g/mol. The van der Waals surface area contributed by atoms with Gasteiger partial charge in [-0.15, -0.1) is 0 Å². The molecular formula is C22H17N3O2. The van der Waals surface area contributed by atoms with Crippen molar-refractivity contribution in [1.82, 2.24) is 9.55 Å². The molecule has 0 saturated carbocycles. The molecule has 0 radical (unpaired) electrons. The number of carbonyl (C=O) groups is 2. The molecule has 0 saturated heterocycles. The van der Waals surface area contributed by atoms with E-state index in [-0.39, 0.29) is 11.7 Å². The van der Waals surface area contributed by atoms with Gasteiger partial charge in [0.2, 0.25) is 5.78 Å². The molecule has 1 amide bonds. The van der Waals surface area contributed by atoms with Gasteiger partial charge in [0.05, 0.1) is 0 Å². The van der Waals surface area contributed by atoms with Crippen LogP contribution >= 0.6 is 0 Å². The Bertz CT molecular complexity index is 1140. The third-order valence-electron chi connectivity index (χ3n) is 4.46. The molecule has 1 N–H and O–H groups in total. The monoisotopic (exact) mass is 355 g/mol. The molecule has 3 aromatic carbocycles. The molecule has 5 heteroatoms. The largest absolute Gasteiger partial charge is 0.331 e. The summed E-state index contributed by atoms with van der Waals surface area (Å²) >= 11 is 0. The van der Waals surface area contributed by atoms with E-state index < -0.39 is 0 Å². The predicted octanol–water partition coefficient (Wildman–Crippen LogP) is 4.06. The number of hydrogen-bond acceptors (Lipinski definition) is 3.